The van der Waals surface area contributed by atoms with Crippen molar-refractivity contribution in [2.45, 2.75) is 25.4 Å². The highest BCUT2D eigenvalue weighted by molar-refractivity contribution is 9.10. The van der Waals surface area contributed by atoms with E-state index in [1.54, 1.807) is 11.3 Å². The van der Waals surface area contributed by atoms with Gasteiger partial charge in [-0.3, -0.25) is 9.69 Å². The number of thiophene rings is 1. The lowest BCUT2D eigenvalue weighted by atomic mass is 10.2. The van der Waals surface area contributed by atoms with Gasteiger partial charge in [-0.2, -0.15) is 0 Å². The molecule has 1 aliphatic rings. The highest BCUT2D eigenvalue weighted by Crippen LogP contribution is 2.28. The molecule has 0 aliphatic carbocycles. The first-order valence-electron chi connectivity index (χ1n) is 5.26. The number of hydrogen-bond donors (Lipinski definition) is 0. The van der Waals surface area contributed by atoms with Crippen LogP contribution in [0.5, 0.6) is 0 Å². The molecule has 88 valence electrons. The molecule has 5 heteroatoms. The van der Waals surface area contributed by atoms with E-state index in [0.717, 1.165) is 30.4 Å². The number of halogens is 1. The molecule has 0 aromatic carbocycles. The Kier molecular flexibility index (Phi) is 4.00. The van der Waals surface area contributed by atoms with E-state index in [2.05, 4.69) is 26.2 Å². The highest BCUT2D eigenvalue weighted by atomic mass is 79.9. The summed E-state index contributed by atoms with van der Waals surface area (Å²) in [4.78, 5) is 15.0. The lowest BCUT2D eigenvalue weighted by molar-refractivity contribution is -0.146. The maximum Gasteiger partial charge on any atom is 0.323 e. The molecule has 0 amide bonds. The molecule has 2 rings (SSSR count). The minimum atomic E-state index is -0.106. The number of likely N-dealkylation sites (tertiary alicyclic amines) is 1. The minimum Gasteiger partial charge on any atom is -0.468 e. The smallest absolute Gasteiger partial charge is 0.323 e. The Morgan fingerprint density at radius 2 is 2.56 bits per heavy atom. The summed E-state index contributed by atoms with van der Waals surface area (Å²) < 4.78 is 5.96. The zero-order chi connectivity index (χ0) is 11.5. The summed E-state index contributed by atoms with van der Waals surface area (Å²) in [6, 6.07) is 1.99. The minimum absolute atomic E-state index is 0.0565. The molecule has 1 saturated heterocycles. The van der Waals surface area contributed by atoms with E-state index in [0.29, 0.717) is 0 Å². The van der Waals surface area contributed by atoms with Crippen molar-refractivity contribution in [1.82, 2.24) is 4.90 Å². The Balaban J connectivity index is 2.04. The van der Waals surface area contributed by atoms with Crippen LogP contribution in [0.25, 0.3) is 0 Å². The molecule has 0 saturated carbocycles. The largest absolute Gasteiger partial charge is 0.468 e. The highest BCUT2D eigenvalue weighted by Gasteiger charge is 2.31. The molecule has 0 bridgehead atoms. The second-order valence-electron chi connectivity index (χ2n) is 3.84. The van der Waals surface area contributed by atoms with E-state index in [1.807, 2.05) is 6.07 Å². The van der Waals surface area contributed by atoms with Crippen molar-refractivity contribution in [2.24, 2.45) is 0 Å². The molecule has 1 aromatic rings. The quantitative estimate of drug-likeness (QED) is 0.804. The van der Waals surface area contributed by atoms with Crippen LogP contribution in [0.15, 0.2) is 15.9 Å². The van der Waals surface area contributed by atoms with Crippen LogP contribution in [-0.4, -0.2) is 30.6 Å². The topological polar surface area (TPSA) is 29.5 Å². The van der Waals surface area contributed by atoms with Gasteiger partial charge in [-0.15, -0.1) is 11.3 Å². The molecule has 3 nitrogen and oxygen atoms in total. The summed E-state index contributed by atoms with van der Waals surface area (Å²) in [5.41, 5.74) is 0. The van der Waals surface area contributed by atoms with Gasteiger partial charge in [0.15, 0.2) is 0 Å². The monoisotopic (exact) mass is 303 g/mol. The van der Waals surface area contributed by atoms with Crippen molar-refractivity contribution in [3.8, 4) is 0 Å². The number of methoxy groups -OCH3 is 1. The van der Waals surface area contributed by atoms with Gasteiger partial charge in [0.05, 0.1) is 7.11 Å². The molecule has 1 aliphatic heterocycles. The molecule has 0 spiro atoms. The standard InChI is InChI=1S/C11H14BrNO2S/c1-15-11(14)9-3-2-5-13(9)7-10-8(12)4-6-16-10/h4,6,9H,2-3,5,7H2,1H3. The summed E-state index contributed by atoms with van der Waals surface area (Å²) in [6.45, 7) is 1.81. The fourth-order valence-electron chi connectivity index (χ4n) is 2.04. The number of rotatable bonds is 3. The third-order valence-corrected chi connectivity index (χ3v) is 4.79. The first kappa shape index (κ1) is 12.1. The lowest BCUT2D eigenvalue weighted by Crippen LogP contribution is -2.36. The predicted molar refractivity (Wildman–Crippen MR) is 67.5 cm³/mol. The second-order valence-corrected chi connectivity index (χ2v) is 5.70. The van der Waals surface area contributed by atoms with Crippen LogP contribution in [0.4, 0.5) is 0 Å². The molecule has 1 aromatic heterocycles. The Morgan fingerprint density at radius 3 is 3.19 bits per heavy atom. The SMILES string of the molecule is COC(=O)C1CCCN1Cc1sccc1Br. The van der Waals surface area contributed by atoms with Crippen molar-refractivity contribution in [3.05, 3.63) is 20.8 Å². The molecule has 16 heavy (non-hydrogen) atoms. The van der Waals surface area contributed by atoms with Gasteiger partial charge in [0.2, 0.25) is 0 Å². The number of ether oxygens (including phenoxy) is 1. The van der Waals surface area contributed by atoms with Gasteiger partial charge in [-0.1, -0.05) is 0 Å². The maximum atomic E-state index is 11.6. The zero-order valence-electron chi connectivity index (χ0n) is 9.11. The van der Waals surface area contributed by atoms with Gasteiger partial charge in [0.25, 0.3) is 0 Å². The van der Waals surface area contributed by atoms with E-state index in [-0.39, 0.29) is 12.0 Å². The summed E-state index contributed by atoms with van der Waals surface area (Å²) >= 11 is 5.23. The van der Waals surface area contributed by atoms with Crippen molar-refractivity contribution < 1.29 is 9.53 Å². The Morgan fingerprint density at radius 1 is 1.75 bits per heavy atom. The van der Waals surface area contributed by atoms with Gasteiger partial charge >= 0.3 is 5.97 Å². The average Bonchev–Trinajstić information content (AvgIpc) is 2.88. The van der Waals surface area contributed by atoms with Crippen LogP contribution >= 0.6 is 27.3 Å². The van der Waals surface area contributed by atoms with E-state index >= 15 is 0 Å². The molecule has 0 N–H and O–H groups in total. The van der Waals surface area contributed by atoms with Crippen molar-refractivity contribution in [1.29, 1.82) is 0 Å². The summed E-state index contributed by atoms with van der Waals surface area (Å²) in [5, 5.41) is 2.06. The van der Waals surface area contributed by atoms with Gasteiger partial charge in [0, 0.05) is 15.9 Å². The van der Waals surface area contributed by atoms with Gasteiger partial charge in [0.1, 0.15) is 6.04 Å². The number of carbonyl (C=O) groups excluding carboxylic acids is 1. The van der Waals surface area contributed by atoms with Crippen molar-refractivity contribution in [3.63, 3.8) is 0 Å². The Labute approximate surface area is 108 Å². The molecular formula is C11H14BrNO2S. The zero-order valence-corrected chi connectivity index (χ0v) is 11.5. The predicted octanol–water partition coefficient (Wildman–Crippen LogP) is 2.65. The fraction of sp³-hybridized carbons (Fsp3) is 0.545. The molecular weight excluding hydrogens is 290 g/mol. The normalized spacial score (nSPS) is 21.2. The number of hydrogen-bond acceptors (Lipinski definition) is 4. The summed E-state index contributed by atoms with van der Waals surface area (Å²) in [7, 11) is 1.46. The molecule has 1 atom stereocenters. The summed E-state index contributed by atoms with van der Waals surface area (Å²) in [5.74, 6) is -0.106. The number of nitrogens with zero attached hydrogens (tertiary/aromatic N) is 1. The van der Waals surface area contributed by atoms with Crippen LogP contribution in [0.1, 0.15) is 17.7 Å². The van der Waals surface area contributed by atoms with Crippen LogP contribution in [0, 0.1) is 0 Å². The summed E-state index contributed by atoms with van der Waals surface area (Å²) in [6.07, 6.45) is 1.98. The molecule has 1 unspecified atom stereocenters. The van der Waals surface area contributed by atoms with Crippen molar-refractivity contribution >= 4 is 33.2 Å². The van der Waals surface area contributed by atoms with Gasteiger partial charge in [-0.05, 0) is 46.8 Å². The second kappa shape index (κ2) is 5.29. The van der Waals surface area contributed by atoms with Crippen LogP contribution in [0.2, 0.25) is 0 Å². The van der Waals surface area contributed by atoms with Crippen LogP contribution < -0.4 is 0 Å². The third-order valence-electron chi connectivity index (χ3n) is 2.87. The van der Waals surface area contributed by atoms with Gasteiger partial charge < -0.3 is 4.74 Å². The third kappa shape index (κ3) is 2.47. The first-order chi connectivity index (χ1) is 7.72. The van der Waals surface area contributed by atoms with E-state index in [1.165, 1.54) is 12.0 Å². The van der Waals surface area contributed by atoms with E-state index < -0.39 is 0 Å². The lowest BCUT2D eigenvalue weighted by Gasteiger charge is -2.21. The van der Waals surface area contributed by atoms with E-state index in [4.69, 9.17) is 4.74 Å². The van der Waals surface area contributed by atoms with Crippen LogP contribution in [-0.2, 0) is 16.1 Å². The molecule has 2 heterocycles. The van der Waals surface area contributed by atoms with Crippen molar-refractivity contribution in [2.75, 3.05) is 13.7 Å². The average molecular weight is 304 g/mol. The number of esters is 1. The molecule has 1 fully saturated rings. The maximum absolute atomic E-state index is 11.6. The fourth-order valence-corrected chi connectivity index (χ4v) is 3.54. The number of carbonyl (C=O) groups is 1. The Hall–Kier alpha value is -0.390. The first-order valence-corrected chi connectivity index (χ1v) is 6.93. The molecule has 0 radical (unpaired) electrons. The van der Waals surface area contributed by atoms with Crippen LogP contribution in [0.3, 0.4) is 0 Å². The Bertz CT molecular complexity index is 380. The van der Waals surface area contributed by atoms with E-state index in [9.17, 15) is 4.79 Å². The van der Waals surface area contributed by atoms with Gasteiger partial charge in [-0.25, -0.2) is 0 Å².